The molecule has 1 heterocycles. The zero-order valence-corrected chi connectivity index (χ0v) is 48.3. The van der Waals surface area contributed by atoms with Gasteiger partial charge in [0.1, 0.15) is 48.0 Å². The fraction of sp³-hybridized carbons (Fsp3) is 0.418. The number of H-pyrrole nitrogens is 1. The zero-order chi connectivity index (χ0) is 62.9. The third kappa shape index (κ3) is 23.3. The third-order valence-corrected chi connectivity index (χ3v) is 13.1. The molecule has 0 aliphatic rings. The van der Waals surface area contributed by atoms with Crippen LogP contribution in [0.5, 0.6) is 5.75 Å². The summed E-state index contributed by atoms with van der Waals surface area (Å²) in [6, 6.07) is 7.84. The zero-order valence-electron chi connectivity index (χ0n) is 47.5. The molecule has 20 N–H and O–H groups in total. The number of aromatic amines is 1. The molecule has 0 spiro atoms. The summed E-state index contributed by atoms with van der Waals surface area (Å²) in [6.45, 7) is 5.27. The molecule has 0 radical (unpaired) electrons. The number of nitrogens with zero attached hydrogens (tertiary/aromatic N) is 1. The van der Waals surface area contributed by atoms with Crippen molar-refractivity contribution in [2.24, 2.45) is 28.1 Å². The van der Waals surface area contributed by atoms with Crippen LogP contribution in [-0.4, -0.2) is 155 Å². The van der Waals surface area contributed by atoms with Gasteiger partial charge < -0.3 is 80.2 Å². The lowest BCUT2D eigenvalue weighted by atomic mass is 10.0. The number of aromatic hydroxyl groups is 1. The summed E-state index contributed by atoms with van der Waals surface area (Å²) in [5.41, 5.74) is 23.7. The maximum Gasteiger partial charge on any atom is 0.334 e. The summed E-state index contributed by atoms with van der Waals surface area (Å²) >= 11 is 6.10. The van der Waals surface area contributed by atoms with E-state index in [0.29, 0.717) is 21.7 Å². The standard InChI is InChI=1S/C55H75ClN16O13/c1-28(2)21-40(50(81)66-38(11-8-20-61-54(59)60-5)49(80)67-39(47(58)78)24-33-26-62-37-10-7-6-9-36(33)37)69-55(85)72-71-52(83)42(23-31-12-16-34(56)17-13-31)68-53(84)46(29(3)73)70-51(82)43(25-44(57)76)65-45(77)27-63-48(79)41(64-30(4)74)22-32-14-18-35(75)19-15-32/h6-7,9-10,12-19,26,28-29,38-43,46,62,73,75H,8,11,20-25,27H2,1-5H3,(H2,57,76)(H2,58,78)(H,63,79)(H,64,74)(H,65,77)(H,66,81)(H,67,80)(H,68,84)(H,70,82)(H,71,83)(H3,59,60,61)(H2,69,72,85)/t29-,38+,39+,40+,41-,42+,43+,46+/m1/s1. The topological polar surface area (TPSA) is 467 Å². The van der Waals surface area contributed by atoms with E-state index in [9.17, 15) is 63.0 Å². The molecule has 1 aromatic heterocycles. The Bertz CT molecular complexity index is 3030. The van der Waals surface area contributed by atoms with Gasteiger partial charge in [-0.15, -0.1) is 0 Å². The maximum absolute atomic E-state index is 14.1. The molecule has 12 amide bonds. The lowest BCUT2D eigenvalue weighted by molar-refractivity contribution is -0.136. The number of phenols is 1. The molecule has 0 aliphatic heterocycles. The van der Waals surface area contributed by atoms with Crippen molar-refractivity contribution in [3.8, 4) is 5.75 Å². The van der Waals surface area contributed by atoms with Crippen LogP contribution in [0.2, 0.25) is 5.02 Å². The van der Waals surface area contributed by atoms with Crippen molar-refractivity contribution in [3.63, 3.8) is 0 Å². The first kappa shape index (κ1) is 68.0. The van der Waals surface area contributed by atoms with Crippen LogP contribution in [0.1, 0.15) is 70.1 Å². The number of aliphatic hydroxyl groups is 1. The monoisotopic (exact) mass is 1200 g/mol. The summed E-state index contributed by atoms with van der Waals surface area (Å²) in [4.78, 5) is 153. The number of nitrogens with two attached hydrogens (primary N) is 3. The highest BCUT2D eigenvalue weighted by molar-refractivity contribution is 6.30. The predicted molar refractivity (Wildman–Crippen MR) is 312 cm³/mol. The number of halogens is 1. The quantitative estimate of drug-likeness (QED) is 0.0106. The Morgan fingerprint density at radius 1 is 0.624 bits per heavy atom. The number of primary amides is 2. The molecule has 0 saturated heterocycles. The van der Waals surface area contributed by atoms with Gasteiger partial charge in [0, 0.05) is 61.9 Å². The van der Waals surface area contributed by atoms with Crippen LogP contribution in [0.3, 0.4) is 0 Å². The Kier molecular flexibility index (Phi) is 26.8. The van der Waals surface area contributed by atoms with Crippen molar-refractivity contribution in [3.05, 3.63) is 101 Å². The third-order valence-electron chi connectivity index (χ3n) is 12.8. The molecule has 0 unspecified atom stereocenters. The van der Waals surface area contributed by atoms with E-state index in [2.05, 4.69) is 68.7 Å². The van der Waals surface area contributed by atoms with E-state index in [1.54, 1.807) is 20.0 Å². The average molecular weight is 1200 g/mol. The summed E-state index contributed by atoms with van der Waals surface area (Å²) in [6.07, 6.45) is -0.843. The van der Waals surface area contributed by atoms with Gasteiger partial charge in [-0.1, -0.05) is 67.9 Å². The van der Waals surface area contributed by atoms with E-state index >= 15 is 0 Å². The van der Waals surface area contributed by atoms with E-state index in [1.807, 2.05) is 24.3 Å². The van der Waals surface area contributed by atoms with E-state index < -0.39 is 126 Å². The van der Waals surface area contributed by atoms with E-state index in [-0.39, 0.29) is 62.7 Å². The van der Waals surface area contributed by atoms with Crippen molar-refractivity contribution in [1.29, 1.82) is 0 Å². The number of aromatic nitrogens is 1. The predicted octanol–water partition coefficient (Wildman–Crippen LogP) is -2.60. The molecule has 0 fully saturated rings. The van der Waals surface area contributed by atoms with Gasteiger partial charge in [-0.25, -0.2) is 10.2 Å². The Morgan fingerprint density at radius 2 is 1.21 bits per heavy atom. The maximum atomic E-state index is 14.1. The number of amides is 12. The van der Waals surface area contributed by atoms with Gasteiger partial charge in [-0.05, 0) is 79.1 Å². The van der Waals surface area contributed by atoms with Crippen LogP contribution < -0.4 is 75.9 Å². The van der Waals surface area contributed by atoms with Crippen LogP contribution in [-0.2, 0) is 67.2 Å². The number of rotatable bonds is 31. The number of hydrogen-bond donors (Lipinski definition) is 17. The minimum atomic E-state index is -1.88. The SMILES string of the molecule is CN=C(N)NCCC[C@H](NC(=O)[C@H](CC(C)C)NC(=O)NNC(=O)[C@H](Cc1ccc(Cl)cc1)NC(=O)[C@@H](NC(=O)[C@H](CC(N)=O)NC(=O)CNC(=O)[C@@H](Cc1ccc(O)cc1)NC(C)=O)[C@@H](C)O)C(=O)N[C@@H](Cc1c[nH]c2ccccc12)C(N)=O. The molecule has 0 bridgehead atoms. The van der Waals surface area contributed by atoms with Gasteiger partial charge in [0.2, 0.25) is 53.2 Å². The number of carbonyl (C=O) groups excluding carboxylic acids is 11. The number of aliphatic hydroxyl groups excluding tert-OH is 1. The summed E-state index contributed by atoms with van der Waals surface area (Å²) < 4.78 is 0. The molecular weight excluding hydrogens is 1130 g/mol. The molecule has 4 rings (SSSR count). The molecule has 0 aliphatic carbocycles. The number of hydrazine groups is 1. The number of carbonyl (C=O) groups is 11. The van der Waals surface area contributed by atoms with Gasteiger partial charge in [0.15, 0.2) is 5.96 Å². The van der Waals surface area contributed by atoms with Crippen molar-refractivity contribution >= 4 is 93.6 Å². The highest BCUT2D eigenvalue weighted by Gasteiger charge is 2.35. The number of nitrogens with one attached hydrogen (secondary N) is 12. The second-order valence-corrected chi connectivity index (χ2v) is 20.7. The van der Waals surface area contributed by atoms with Crippen molar-refractivity contribution in [2.45, 2.75) is 121 Å². The van der Waals surface area contributed by atoms with Crippen molar-refractivity contribution in [1.82, 2.24) is 63.7 Å². The molecule has 3 aromatic carbocycles. The second kappa shape index (κ2) is 33.6. The molecule has 85 heavy (non-hydrogen) atoms. The number of para-hydroxylation sites is 1. The lowest BCUT2D eigenvalue weighted by Crippen LogP contribution is -2.62. The fourth-order valence-corrected chi connectivity index (χ4v) is 8.64. The Labute approximate surface area is 494 Å². The number of urea groups is 1. The Balaban J connectivity index is 1.46. The minimum absolute atomic E-state index is 0.0110. The molecule has 460 valence electrons. The van der Waals surface area contributed by atoms with Gasteiger partial charge in [0.25, 0.3) is 5.91 Å². The lowest BCUT2D eigenvalue weighted by Gasteiger charge is -2.27. The van der Waals surface area contributed by atoms with Crippen LogP contribution >= 0.6 is 11.6 Å². The average Bonchev–Trinajstić information content (AvgIpc) is 3.12. The normalized spacial score (nSPS) is 14.0. The number of fused-ring (bicyclic) bond motifs is 1. The Hall–Kier alpha value is -9.51. The van der Waals surface area contributed by atoms with Crippen LogP contribution in [0, 0.1) is 5.92 Å². The number of guanidine groups is 1. The number of aliphatic imine (C=N–C) groups is 1. The smallest absolute Gasteiger partial charge is 0.334 e. The molecule has 8 atom stereocenters. The first-order valence-electron chi connectivity index (χ1n) is 26.9. The summed E-state index contributed by atoms with van der Waals surface area (Å²) in [7, 11) is 1.47. The first-order valence-corrected chi connectivity index (χ1v) is 27.3. The van der Waals surface area contributed by atoms with Gasteiger partial charge in [0.05, 0.1) is 19.1 Å². The second-order valence-electron chi connectivity index (χ2n) is 20.3. The molecular formula is C55H75ClN16O13. The van der Waals surface area contributed by atoms with Crippen molar-refractivity contribution < 1.29 is 63.0 Å². The molecule has 0 saturated carbocycles. The van der Waals surface area contributed by atoms with Gasteiger partial charge >= 0.3 is 6.03 Å². The summed E-state index contributed by atoms with van der Waals surface area (Å²) in [5, 5.41) is 43.9. The highest BCUT2D eigenvalue weighted by atomic mass is 35.5. The van der Waals surface area contributed by atoms with Gasteiger partial charge in [-0.3, -0.25) is 58.4 Å². The van der Waals surface area contributed by atoms with Crippen LogP contribution in [0.15, 0.2) is 84.0 Å². The molecule has 4 aromatic rings. The minimum Gasteiger partial charge on any atom is -0.508 e. The largest absolute Gasteiger partial charge is 0.508 e. The fourth-order valence-electron chi connectivity index (χ4n) is 8.52. The number of phenolic OH excluding ortho intramolecular Hbond substituents is 1. The van der Waals surface area contributed by atoms with E-state index in [0.717, 1.165) is 17.8 Å². The molecule has 29 nitrogen and oxygen atoms in total. The highest BCUT2D eigenvalue weighted by Crippen LogP contribution is 2.20. The number of hydrogen-bond acceptors (Lipinski definition) is 14. The van der Waals surface area contributed by atoms with E-state index in [1.165, 1.54) is 62.5 Å². The van der Waals surface area contributed by atoms with Crippen LogP contribution in [0.25, 0.3) is 10.9 Å². The first-order chi connectivity index (χ1) is 40.2. The molecule has 30 heteroatoms. The van der Waals surface area contributed by atoms with Crippen molar-refractivity contribution in [2.75, 3.05) is 20.1 Å². The van der Waals surface area contributed by atoms with E-state index in [4.69, 9.17) is 28.8 Å². The van der Waals surface area contributed by atoms with Gasteiger partial charge in [-0.2, -0.15) is 0 Å². The Morgan fingerprint density at radius 3 is 1.81 bits per heavy atom. The number of benzene rings is 3. The van der Waals surface area contributed by atoms with Crippen LogP contribution in [0.4, 0.5) is 4.79 Å². The summed E-state index contributed by atoms with van der Waals surface area (Å²) in [5.74, 6) is -9.43.